The molecular weight excluding hydrogens is 160 g/mol. The molecular formula is C7H14N2OS. The van der Waals surface area contributed by atoms with Crippen molar-refractivity contribution < 1.29 is 4.79 Å². The van der Waals surface area contributed by atoms with E-state index < -0.39 is 0 Å². The summed E-state index contributed by atoms with van der Waals surface area (Å²) in [6.45, 7) is 2.97. The van der Waals surface area contributed by atoms with Gasteiger partial charge in [0.2, 0.25) is 0 Å². The normalized spacial score (nSPS) is 24.9. The molecule has 0 bridgehead atoms. The molecule has 1 N–H and O–H groups in total. The molecule has 3 nitrogen and oxygen atoms in total. The van der Waals surface area contributed by atoms with Crippen LogP contribution in [0, 0.1) is 0 Å². The first kappa shape index (κ1) is 8.71. The third-order valence-corrected chi connectivity index (χ3v) is 3.03. The summed E-state index contributed by atoms with van der Waals surface area (Å²) in [7, 11) is 1.68. The molecule has 0 aromatic rings. The van der Waals surface area contributed by atoms with Gasteiger partial charge in [-0.3, -0.25) is 0 Å². The molecule has 0 spiro atoms. The molecule has 1 fully saturated rings. The van der Waals surface area contributed by atoms with E-state index in [0.29, 0.717) is 6.04 Å². The summed E-state index contributed by atoms with van der Waals surface area (Å²) in [6.07, 6.45) is 0. The predicted molar refractivity (Wildman–Crippen MR) is 47.9 cm³/mol. The minimum Gasteiger partial charge on any atom is -0.341 e. The zero-order valence-electron chi connectivity index (χ0n) is 6.96. The van der Waals surface area contributed by atoms with Crippen molar-refractivity contribution >= 4 is 17.8 Å². The van der Waals surface area contributed by atoms with Crippen molar-refractivity contribution in [2.45, 2.75) is 13.0 Å². The van der Waals surface area contributed by atoms with E-state index >= 15 is 0 Å². The van der Waals surface area contributed by atoms with Crippen molar-refractivity contribution in [2.75, 3.05) is 25.1 Å². The second-order valence-corrected chi connectivity index (χ2v) is 3.82. The van der Waals surface area contributed by atoms with Crippen LogP contribution in [0.4, 0.5) is 4.79 Å². The molecule has 1 saturated heterocycles. The first-order valence-electron chi connectivity index (χ1n) is 3.82. The lowest BCUT2D eigenvalue weighted by Crippen LogP contribution is -2.48. The van der Waals surface area contributed by atoms with Gasteiger partial charge in [-0.2, -0.15) is 11.8 Å². The molecule has 1 rings (SSSR count). The summed E-state index contributed by atoms with van der Waals surface area (Å²) in [4.78, 5) is 13.1. The highest BCUT2D eigenvalue weighted by Crippen LogP contribution is 2.15. The molecule has 64 valence electrons. The Morgan fingerprint density at radius 2 is 2.45 bits per heavy atom. The van der Waals surface area contributed by atoms with Gasteiger partial charge in [-0.1, -0.05) is 0 Å². The number of nitrogens with one attached hydrogen (secondary N) is 1. The molecule has 0 radical (unpaired) electrons. The van der Waals surface area contributed by atoms with Crippen LogP contribution in [-0.4, -0.2) is 42.1 Å². The standard InChI is InChI=1S/C7H14N2OS/c1-6-5-11-4-3-9(6)7(10)8-2/h6H,3-5H2,1-2H3,(H,8,10). The van der Waals surface area contributed by atoms with Gasteiger partial charge in [0, 0.05) is 31.1 Å². The highest BCUT2D eigenvalue weighted by Gasteiger charge is 2.21. The zero-order valence-corrected chi connectivity index (χ0v) is 7.78. The molecule has 2 amide bonds. The molecule has 0 aromatic carbocycles. The summed E-state index contributed by atoms with van der Waals surface area (Å²) >= 11 is 1.91. The van der Waals surface area contributed by atoms with Crippen molar-refractivity contribution in [2.24, 2.45) is 0 Å². The maximum absolute atomic E-state index is 11.2. The topological polar surface area (TPSA) is 32.3 Å². The van der Waals surface area contributed by atoms with Crippen LogP contribution in [0.5, 0.6) is 0 Å². The van der Waals surface area contributed by atoms with Crippen LogP contribution in [0.15, 0.2) is 0 Å². The van der Waals surface area contributed by atoms with Crippen LogP contribution in [-0.2, 0) is 0 Å². The lowest BCUT2D eigenvalue weighted by Gasteiger charge is -2.32. The van der Waals surface area contributed by atoms with E-state index in [4.69, 9.17) is 0 Å². The minimum atomic E-state index is 0.0535. The van der Waals surface area contributed by atoms with Gasteiger partial charge in [0.15, 0.2) is 0 Å². The number of rotatable bonds is 0. The van der Waals surface area contributed by atoms with Crippen LogP contribution in [0.1, 0.15) is 6.92 Å². The van der Waals surface area contributed by atoms with Gasteiger partial charge < -0.3 is 10.2 Å². The first-order chi connectivity index (χ1) is 5.25. The minimum absolute atomic E-state index is 0.0535. The molecule has 0 aromatic heterocycles. The summed E-state index contributed by atoms with van der Waals surface area (Å²) < 4.78 is 0. The maximum Gasteiger partial charge on any atom is 0.317 e. The van der Waals surface area contributed by atoms with Crippen LogP contribution >= 0.6 is 11.8 Å². The van der Waals surface area contributed by atoms with E-state index in [2.05, 4.69) is 12.2 Å². The number of carbonyl (C=O) groups excluding carboxylic acids is 1. The fourth-order valence-corrected chi connectivity index (χ4v) is 2.19. The molecule has 1 aliphatic rings. The Morgan fingerprint density at radius 1 is 1.73 bits per heavy atom. The number of amides is 2. The van der Waals surface area contributed by atoms with E-state index in [-0.39, 0.29) is 6.03 Å². The fraction of sp³-hybridized carbons (Fsp3) is 0.857. The van der Waals surface area contributed by atoms with Gasteiger partial charge in [0.05, 0.1) is 0 Å². The maximum atomic E-state index is 11.2. The number of carbonyl (C=O) groups is 1. The summed E-state index contributed by atoms with van der Waals surface area (Å²) in [5.74, 6) is 2.13. The summed E-state index contributed by atoms with van der Waals surface area (Å²) in [5, 5.41) is 2.64. The number of nitrogens with zero attached hydrogens (tertiary/aromatic N) is 1. The molecule has 1 unspecified atom stereocenters. The van der Waals surface area contributed by atoms with E-state index in [0.717, 1.165) is 18.1 Å². The van der Waals surface area contributed by atoms with E-state index in [1.54, 1.807) is 7.05 Å². The van der Waals surface area contributed by atoms with Crippen molar-refractivity contribution in [3.63, 3.8) is 0 Å². The van der Waals surface area contributed by atoms with E-state index in [1.165, 1.54) is 0 Å². The van der Waals surface area contributed by atoms with Gasteiger partial charge in [0.25, 0.3) is 0 Å². The van der Waals surface area contributed by atoms with Gasteiger partial charge >= 0.3 is 6.03 Å². The van der Waals surface area contributed by atoms with Crippen molar-refractivity contribution in [3.05, 3.63) is 0 Å². The number of urea groups is 1. The predicted octanol–water partition coefficient (Wildman–Crippen LogP) is 0.763. The van der Waals surface area contributed by atoms with Crippen LogP contribution in [0.3, 0.4) is 0 Å². The number of thioether (sulfide) groups is 1. The molecule has 1 atom stereocenters. The summed E-state index contributed by atoms with van der Waals surface area (Å²) in [6, 6.07) is 0.437. The van der Waals surface area contributed by atoms with Crippen molar-refractivity contribution in [1.29, 1.82) is 0 Å². The smallest absolute Gasteiger partial charge is 0.317 e. The van der Waals surface area contributed by atoms with Gasteiger partial charge in [-0.25, -0.2) is 4.79 Å². The van der Waals surface area contributed by atoms with Crippen molar-refractivity contribution in [3.8, 4) is 0 Å². The second-order valence-electron chi connectivity index (χ2n) is 2.67. The average Bonchev–Trinajstić information content (AvgIpc) is 2.04. The Kier molecular flexibility index (Phi) is 3.05. The Balaban J connectivity index is 2.47. The monoisotopic (exact) mass is 174 g/mol. The second kappa shape index (κ2) is 3.85. The molecule has 1 heterocycles. The molecule has 1 aliphatic heterocycles. The zero-order chi connectivity index (χ0) is 8.27. The largest absolute Gasteiger partial charge is 0.341 e. The fourth-order valence-electron chi connectivity index (χ4n) is 1.17. The Labute approximate surface area is 71.5 Å². The number of hydrogen-bond acceptors (Lipinski definition) is 2. The SMILES string of the molecule is CNC(=O)N1CCSCC1C. The van der Waals surface area contributed by atoms with Crippen LogP contribution in [0.25, 0.3) is 0 Å². The first-order valence-corrected chi connectivity index (χ1v) is 4.97. The lowest BCUT2D eigenvalue weighted by atomic mass is 10.3. The van der Waals surface area contributed by atoms with Gasteiger partial charge in [-0.05, 0) is 6.92 Å². The summed E-state index contributed by atoms with van der Waals surface area (Å²) in [5.41, 5.74) is 0. The van der Waals surface area contributed by atoms with Gasteiger partial charge in [0.1, 0.15) is 0 Å². The third-order valence-electron chi connectivity index (χ3n) is 1.84. The highest BCUT2D eigenvalue weighted by atomic mass is 32.2. The molecule has 11 heavy (non-hydrogen) atoms. The Hall–Kier alpha value is -0.380. The molecule has 4 heteroatoms. The van der Waals surface area contributed by atoms with E-state index in [1.807, 2.05) is 16.7 Å². The van der Waals surface area contributed by atoms with Gasteiger partial charge in [-0.15, -0.1) is 0 Å². The Morgan fingerprint density at radius 3 is 3.00 bits per heavy atom. The lowest BCUT2D eigenvalue weighted by molar-refractivity contribution is 0.189. The highest BCUT2D eigenvalue weighted by molar-refractivity contribution is 7.99. The van der Waals surface area contributed by atoms with Crippen LogP contribution in [0.2, 0.25) is 0 Å². The molecule has 0 aliphatic carbocycles. The quantitative estimate of drug-likeness (QED) is 0.588. The third kappa shape index (κ3) is 2.02. The Bertz CT molecular complexity index is 151. The van der Waals surface area contributed by atoms with Crippen molar-refractivity contribution in [1.82, 2.24) is 10.2 Å². The average molecular weight is 174 g/mol. The van der Waals surface area contributed by atoms with Crippen LogP contribution < -0.4 is 5.32 Å². The molecule has 0 saturated carbocycles. The van der Waals surface area contributed by atoms with E-state index in [9.17, 15) is 4.79 Å². The number of hydrogen-bond donors (Lipinski definition) is 1.